The van der Waals surface area contributed by atoms with Gasteiger partial charge in [-0.15, -0.1) is 0 Å². The van der Waals surface area contributed by atoms with E-state index in [0.717, 1.165) is 19.4 Å². The Kier molecular flexibility index (Phi) is 3.93. The lowest BCUT2D eigenvalue weighted by Crippen LogP contribution is -2.53. The first-order valence-electron chi connectivity index (χ1n) is 5.62. The molecule has 1 aliphatic rings. The van der Waals surface area contributed by atoms with Crippen LogP contribution in [0.15, 0.2) is 0 Å². The molecule has 0 aromatic rings. The Labute approximate surface area is 87.5 Å². The highest BCUT2D eigenvalue weighted by Gasteiger charge is 2.40. The first-order valence-corrected chi connectivity index (χ1v) is 5.62. The largest absolute Gasteiger partial charge is 0.394 e. The zero-order chi connectivity index (χ0) is 10.8. The van der Waals surface area contributed by atoms with Gasteiger partial charge in [-0.3, -0.25) is 0 Å². The minimum atomic E-state index is -0.0659. The van der Waals surface area contributed by atoms with Gasteiger partial charge in [0, 0.05) is 18.6 Å². The predicted octanol–water partition coefficient (Wildman–Crippen LogP) is 0.830. The van der Waals surface area contributed by atoms with E-state index < -0.39 is 0 Å². The van der Waals surface area contributed by atoms with E-state index in [0.29, 0.717) is 12.1 Å². The number of rotatable bonds is 4. The summed E-state index contributed by atoms with van der Waals surface area (Å²) >= 11 is 0. The molecule has 0 spiro atoms. The molecule has 84 valence electrons. The number of aliphatic hydroxyl groups is 1. The fourth-order valence-corrected chi connectivity index (χ4v) is 2.31. The lowest BCUT2D eigenvalue weighted by atomic mass is 9.96. The van der Waals surface area contributed by atoms with Crippen LogP contribution in [0, 0.1) is 0 Å². The van der Waals surface area contributed by atoms with E-state index in [4.69, 9.17) is 0 Å². The Hall–Kier alpha value is -0.120. The number of hydrogen-bond acceptors (Lipinski definition) is 3. The maximum Gasteiger partial charge on any atom is 0.0626 e. The van der Waals surface area contributed by atoms with Crippen molar-refractivity contribution in [3.63, 3.8) is 0 Å². The number of likely N-dealkylation sites (N-methyl/N-ethyl adjacent to an activating group) is 1. The molecule has 1 saturated heterocycles. The normalized spacial score (nSPS) is 36.2. The van der Waals surface area contributed by atoms with Gasteiger partial charge in [-0.1, -0.05) is 6.92 Å². The van der Waals surface area contributed by atoms with E-state index in [1.54, 1.807) is 0 Å². The van der Waals surface area contributed by atoms with Crippen LogP contribution in [0.25, 0.3) is 0 Å². The van der Waals surface area contributed by atoms with Gasteiger partial charge < -0.3 is 15.3 Å². The highest BCUT2D eigenvalue weighted by Crippen LogP contribution is 2.25. The summed E-state index contributed by atoms with van der Waals surface area (Å²) in [6.07, 6.45) is 2.16. The van der Waals surface area contributed by atoms with Gasteiger partial charge in [-0.2, -0.15) is 0 Å². The summed E-state index contributed by atoms with van der Waals surface area (Å²) in [5.74, 6) is 0. The predicted molar refractivity (Wildman–Crippen MR) is 59.4 cm³/mol. The second-order valence-electron chi connectivity index (χ2n) is 4.86. The third kappa shape index (κ3) is 2.47. The summed E-state index contributed by atoms with van der Waals surface area (Å²) < 4.78 is 0. The molecule has 2 N–H and O–H groups in total. The van der Waals surface area contributed by atoms with E-state index in [9.17, 15) is 5.11 Å². The minimum Gasteiger partial charge on any atom is -0.394 e. The molecule has 14 heavy (non-hydrogen) atoms. The molecule has 3 unspecified atom stereocenters. The Balaban J connectivity index is 2.60. The molecule has 0 aromatic heterocycles. The van der Waals surface area contributed by atoms with E-state index in [-0.39, 0.29) is 12.1 Å². The van der Waals surface area contributed by atoms with Crippen molar-refractivity contribution in [2.24, 2.45) is 0 Å². The van der Waals surface area contributed by atoms with Crippen LogP contribution in [-0.2, 0) is 0 Å². The molecule has 3 atom stereocenters. The van der Waals surface area contributed by atoms with Crippen molar-refractivity contribution < 1.29 is 5.11 Å². The molecule has 1 aliphatic heterocycles. The third-order valence-corrected chi connectivity index (χ3v) is 3.46. The Bertz CT molecular complexity index is 174. The third-order valence-electron chi connectivity index (χ3n) is 3.46. The molecule has 0 aliphatic carbocycles. The lowest BCUT2D eigenvalue weighted by molar-refractivity contribution is 0.153. The van der Waals surface area contributed by atoms with Gasteiger partial charge in [-0.25, -0.2) is 0 Å². The highest BCUT2D eigenvalue weighted by molar-refractivity contribution is 5.00. The summed E-state index contributed by atoms with van der Waals surface area (Å²) in [5, 5.41) is 13.1. The van der Waals surface area contributed by atoms with Crippen molar-refractivity contribution in [3.05, 3.63) is 0 Å². The number of nitrogens with one attached hydrogen (secondary N) is 1. The van der Waals surface area contributed by atoms with Crippen molar-refractivity contribution in [3.8, 4) is 0 Å². The van der Waals surface area contributed by atoms with Crippen LogP contribution in [0.3, 0.4) is 0 Å². The first kappa shape index (κ1) is 12.0. The van der Waals surface area contributed by atoms with Gasteiger partial charge >= 0.3 is 0 Å². The molecule has 0 saturated carbocycles. The SMILES string of the molecule is CCC(C)NC1(CO)CC(C)N(C)C1. The van der Waals surface area contributed by atoms with Crippen molar-refractivity contribution in [2.45, 2.75) is 51.2 Å². The molecule has 0 aromatic carbocycles. The Morgan fingerprint density at radius 3 is 2.64 bits per heavy atom. The molecule has 3 heteroatoms. The number of aliphatic hydroxyl groups excluding tert-OH is 1. The Morgan fingerprint density at radius 1 is 1.64 bits per heavy atom. The van der Waals surface area contributed by atoms with Crippen LogP contribution >= 0.6 is 0 Å². The van der Waals surface area contributed by atoms with Gasteiger partial charge in [0.1, 0.15) is 0 Å². The lowest BCUT2D eigenvalue weighted by Gasteiger charge is -2.31. The second kappa shape index (κ2) is 4.60. The van der Waals surface area contributed by atoms with Crippen LogP contribution in [-0.4, -0.2) is 47.8 Å². The second-order valence-corrected chi connectivity index (χ2v) is 4.86. The van der Waals surface area contributed by atoms with E-state index in [2.05, 4.69) is 38.0 Å². The van der Waals surface area contributed by atoms with Gasteiger partial charge in [0.25, 0.3) is 0 Å². The zero-order valence-corrected chi connectivity index (χ0v) is 9.88. The summed E-state index contributed by atoms with van der Waals surface area (Å²) in [4.78, 5) is 2.31. The van der Waals surface area contributed by atoms with Crippen molar-refractivity contribution in [2.75, 3.05) is 20.2 Å². The number of nitrogens with zero attached hydrogens (tertiary/aromatic N) is 1. The first-order chi connectivity index (χ1) is 6.53. The molecule has 3 nitrogen and oxygen atoms in total. The number of hydrogen-bond donors (Lipinski definition) is 2. The van der Waals surface area contributed by atoms with Crippen LogP contribution in [0.1, 0.15) is 33.6 Å². The molecule has 0 amide bonds. The molecule has 1 rings (SSSR count). The molecule has 0 bridgehead atoms. The maximum atomic E-state index is 9.51. The molecule has 0 radical (unpaired) electrons. The summed E-state index contributed by atoms with van der Waals surface area (Å²) in [6.45, 7) is 7.77. The monoisotopic (exact) mass is 200 g/mol. The van der Waals surface area contributed by atoms with E-state index >= 15 is 0 Å². The van der Waals surface area contributed by atoms with Crippen LogP contribution in [0.2, 0.25) is 0 Å². The van der Waals surface area contributed by atoms with Gasteiger partial charge in [0.05, 0.1) is 12.1 Å². The molecule has 1 fully saturated rings. The van der Waals surface area contributed by atoms with Crippen LogP contribution in [0.4, 0.5) is 0 Å². The molecule has 1 heterocycles. The summed E-state index contributed by atoms with van der Waals surface area (Å²) in [5.41, 5.74) is -0.0659. The molecular formula is C11H24N2O. The van der Waals surface area contributed by atoms with Crippen molar-refractivity contribution in [1.82, 2.24) is 10.2 Å². The fraction of sp³-hybridized carbons (Fsp3) is 1.00. The average molecular weight is 200 g/mol. The van der Waals surface area contributed by atoms with Gasteiger partial charge in [0.15, 0.2) is 0 Å². The molecular weight excluding hydrogens is 176 g/mol. The maximum absolute atomic E-state index is 9.51. The van der Waals surface area contributed by atoms with Gasteiger partial charge in [0.2, 0.25) is 0 Å². The minimum absolute atomic E-state index is 0.0659. The Morgan fingerprint density at radius 2 is 2.29 bits per heavy atom. The van der Waals surface area contributed by atoms with Crippen molar-refractivity contribution >= 4 is 0 Å². The topological polar surface area (TPSA) is 35.5 Å². The van der Waals surface area contributed by atoms with E-state index in [1.165, 1.54) is 0 Å². The quantitative estimate of drug-likeness (QED) is 0.705. The van der Waals surface area contributed by atoms with Gasteiger partial charge in [-0.05, 0) is 33.7 Å². The zero-order valence-electron chi connectivity index (χ0n) is 9.88. The summed E-state index contributed by atoms with van der Waals surface area (Å²) in [7, 11) is 2.13. The number of likely N-dealkylation sites (tertiary alicyclic amines) is 1. The highest BCUT2D eigenvalue weighted by atomic mass is 16.3. The smallest absolute Gasteiger partial charge is 0.0626 e. The van der Waals surface area contributed by atoms with E-state index in [1.807, 2.05) is 0 Å². The van der Waals surface area contributed by atoms with Crippen LogP contribution < -0.4 is 5.32 Å². The standard InChI is InChI=1S/C11H24N2O/c1-5-9(2)12-11(8-14)6-10(3)13(4)7-11/h9-10,12,14H,5-8H2,1-4H3. The fourth-order valence-electron chi connectivity index (χ4n) is 2.31. The summed E-state index contributed by atoms with van der Waals surface area (Å²) in [6, 6.07) is 1.06. The average Bonchev–Trinajstić information content (AvgIpc) is 2.43. The van der Waals surface area contributed by atoms with Crippen LogP contribution in [0.5, 0.6) is 0 Å². The van der Waals surface area contributed by atoms with Crippen molar-refractivity contribution in [1.29, 1.82) is 0 Å².